The lowest BCUT2D eigenvalue weighted by atomic mass is 9.86. The molecule has 1 atom stereocenters. The van der Waals surface area contributed by atoms with E-state index in [2.05, 4.69) is 26.0 Å². The molecule has 2 nitrogen and oxygen atoms in total. The normalized spacial score (nSPS) is 19.8. The molecule has 0 N–H and O–H groups in total. The average molecular weight is 244 g/mol. The topological polar surface area (TPSA) is 26.3 Å². The van der Waals surface area contributed by atoms with Gasteiger partial charge >= 0.3 is 0 Å². The van der Waals surface area contributed by atoms with Crippen molar-refractivity contribution in [2.24, 2.45) is 5.92 Å². The van der Waals surface area contributed by atoms with Crippen LogP contribution in [0, 0.1) is 5.92 Å². The van der Waals surface area contributed by atoms with Crippen LogP contribution in [0.3, 0.4) is 0 Å². The quantitative estimate of drug-likeness (QED) is 0.807. The molecule has 18 heavy (non-hydrogen) atoms. The van der Waals surface area contributed by atoms with Crippen LogP contribution in [0.4, 0.5) is 0 Å². The Balaban J connectivity index is 2.05. The number of hydrogen-bond acceptors (Lipinski definition) is 2. The summed E-state index contributed by atoms with van der Waals surface area (Å²) in [5, 5.41) is 0. The van der Waals surface area contributed by atoms with Crippen LogP contribution >= 0.6 is 0 Å². The van der Waals surface area contributed by atoms with Crippen LogP contribution in [0.2, 0.25) is 0 Å². The Labute approximate surface area is 109 Å². The van der Waals surface area contributed by atoms with Crippen LogP contribution in [-0.2, 0) is 9.53 Å². The first-order valence-electron chi connectivity index (χ1n) is 6.56. The number of rotatable bonds is 4. The molecule has 0 bridgehead atoms. The van der Waals surface area contributed by atoms with Gasteiger partial charge in [0.05, 0.1) is 6.61 Å². The Hall–Kier alpha value is -1.57. The Morgan fingerprint density at radius 1 is 1.22 bits per heavy atom. The van der Waals surface area contributed by atoms with Crippen molar-refractivity contribution in [2.75, 3.05) is 6.61 Å². The second kappa shape index (κ2) is 5.85. The lowest BCUT2D eigenvalue weighted by Gasteiger charge is -2.23. The van der Waals surface area contributed by atoms with E-state index in [-0.39, 0.29) is 11.7 Å². The van der Waals surface area contributed by atoms with E-state index in [9.17, 15) is 4.79 Å². The predicted octanol–water partition coefficient (Wildman–Crippen LogP) is 3.69. The van der Waals surface area contributed by atoms with Gasteiger partial charge in [0, 0.05) is 18.9 Å². The Bertz CT molecular complexity index is 432. The minimum Gasteiger partial charge on any atom is -0.498 e. The fraction of sp³-hybridized carbons (Fsp3) is 0.438. The van der Waals surface area contributed by atoms with Gasteiger partial charge in [0.25, 0.3) is 0 Å². The van der Waals surface area contributed by atoms with E-state index < -0.39 is 0 Å². The van der Waals surface area contributed by atoms with Crippen molar-refractivity contribution >= 4 is 5.78 Å². The molecule has 0 fully saturated rings. The number of carbonyl (C=O) groups is 1. The van der Waals surface area contributed by atoms with Gasteiger partial charge in [-0.3, -0.25) is 4.79 Å². The number of carbonyl (C=O) groups excluding carboxylic acids is 1. The van der Waals surface area contributed by atoms with Crippen LogP contribution in [0.25, 0.3) is 0 Å². The van der Waals surface area contributed by atoms with Crippen LogP contribution in [0.15, 0.2) is 42.2 Å². The number of hydrogen-bond donors (Lipinski definition) is 0. The number of benzene rings is 1. The molecule has 0 saturated carbocycles. The highest BCUT2D eigenvalue weighted by molar-refractivity contribution is 5.91. The third-order valence-electron chi connectivity index (χ3n) is 3.09. The molecule has 0 aromatic heterocycles. The minimum absolute atomic E-state index is 0.175. The van der Waals surface area contributed by atoms with Crippen molar-refractivity contribution in [3.8, 4) is 0 Å². The van der Waals surface area contributed by atoms with Gasteiger partial charge in [0.2, 0.25) is 0 Å². The second-order valence-electron chi connectivity index (χ2n) is 5.30. The molecule has 2 heteroatoms. The minimum atomic E-state index is 0.175. The van der Waals surface area contributed by atoms with E-state index in [0.29, 0.717) is 18.9 Å². The van der Waals surface area contributed by atoms with Gasteiger partial charge in [-0.2, -0.15) is 0 Å². The van der Waals surface area contributed by atoms with E-state index in [4.69, 9.17) is 4.74 Å². The van der Waals surface area contributed by atoms with E-state index in [1.54, 1.807) is 6.08 Å². The van der Waals surface area contributed by atoms with E-state index in [1.807, 2.05) is 18.2 Å². The maximum Gasteiger partial charge on any atom is 0.159 e. The maximum absolute atomic E-state index is 11.7. The van der Waals surface area contributed by atoms with Crippen LogP contribution < -0.4 is 0 Å². The van der Waals surface area contributed by atoms with Gasteiger partial charge in [-0.15, -0.1) is 0 Å². The molecule has 0 unspecified atom stereocenters. The molecule has 0 radical (unpaired) electrons. The molecule has 0 aliphatic heterocycles. The molecule has 1 aromatic rings. The molecule has 1 aliphatic carbocycles. The van der Waals surface area contributed by atoms with Crippen molar-refractivity contribution in [3.63, 3.8) is 0 Å². The zero-order valence-corrected chi connectivity index (χ0v) is 11.1. The summed E-state index contributed by atoms with van der Waals surface area (Å²) in [5.74, 6) is 1.77. The molecule has 1 aliphatic rings. The second-order valence-corrected chi connectivity index (χ2v) is 5.30. The molecule has 2 rings (SSSR count). The van der Waals surface area contributed by atoms with Crippen molar-refractivity contribution in [1.82, 2.24) is 0 Å². The standard InChI is InChI=1S/C16H20O2/c1-12(2)11-18-16-9-14(8-15(17)10-16)13-6-4-3-5-7-13/h3-7,10,12,14H,8-9,11H2,1-2H3/t14-/m1/s1. The largest absolute Gasteiger partial charge is 0.498 e. The summed E-state index contributed by atoms with van der Waals surface area (Å²) in [6.07, 6.45) is 3.10. The van der Waals surface area contributed by atoms with Crippen LogP contribution in [0.5, 0.6) is 0 Å². The highest BCUT2D eigenvalue weighted by Crippen LogP contribution is 2.31. The van der Waals surface area contributed by atoms with Crippen LogP contribution in [0.1, 0.15) is 38.2 Å². The maximum atomic E-state index is 11.7. The first-order chi connectivity index (χ1) is 8.65. The van der Waals surface area contributed by atoms with Crippen LogP contribution in [-0.4, -0.2) is 12.4 Å². The number of ether oxygens (including phenoxy) is 1. The van der Waals surface area contributed by atoms with Gasteiger partial charge in [-0.05, 0) is 17.4 Å². The fourth-order valence-corrected chi connectivity index (χ4v) is 2.19. The summed E-state index contributed by atoms with van der Waals surface area (Å²) < 4.78 is 5.71. The molecular formula is C16H20O2. The highest BCUT2D eigenvalue weighted by Gasteiger charge is 2.23. The van der Waals surface area contributed by atoms with E-state index in [1.165, 1.54) is 5.56 Å². The van der Waals surface area contributed by atoms with Gasteiger partial charge < -0.3 is 4.74 Å². The lowest BCUT2D eigenvalue weighted by Crippen LogP contribution is -2.15. The van der Waals surface area contributed by atoms with Crippen molar-refractivity contribution in [2.45, 2.75) is 32.6 Å². The average Bonchev–Trinajstić information content (AvgIpc) is 2.37. The summed E-state index contributed by atoms with van der Waals surface area (Å²) in [7, 11) is 0. The SMILES string of the molecule is CC(C)COC1=CC(=O)C[C@@H](c2ccccc2)C1. The smallest absolute Gasteiger partial charge is 0.159 e. The van der Waals surface area contributed by atoms with Gasteiger partial charge in [-0.25, -0.2) is 0 Å². The Morgan fingerprint density at radius 3 is 2.61 bits per heavy atom. The summed E-state index contributed by atoms with van der Waals surface area (Å²) in [6.45, 7) is 4.90. The molecule has 96 valence electrons. The van der Waals surface area contributed by atoms with Crippen molar-refractivity contribution in [1.29, 1.82) is 0 Å². The molecule has 0 heterocycles. The third kappa shape index (κ3) is 3.46. The first kappa shape index (κ1) is 12.9. The summed E-state index contributed by atoms with van der Waals surface area (Å²) >= 11 is 0. The van der Waals surface area contributed by atoms with Gasteiger partial charge in [-0.1, -0.05) is 44.2 Å². The lowest BCUT2D eigenvalue weighted by molar-refractivity contribution is -0.115. The van der Waals surface area contributed by atoms with Crippen molar-refractivity contribution in [3.05, 3.63) is 47.7 Å². The molecule has 0 spiro atoms. The highest BCUT2D eigenvalue weighted by atomic mass is 16.5. The predicted molar refractivity (Wildman–Crippen MR) is 72.3 cm³/mol. The summed E-state index contributed by atoms with van der Waals surface area (Å²) in [6, 6.07) is 10.2. The summed E-state index contributed by atoms with van der Waals surface area (Å²) in [4.78, 5) is 11.7. The summed E-state index contributed by atoms with van der Waals surface area (Å²) in [5.41, 5.74) is 1.23. The molecular weight excluding hydrogens is 224 g/mol. The van der Waals surface area contributed by atoms with E-state index >= 15 is 0 Å². The Morgan fingerprint density at radius 2 is 1.94 bits per heavy atom. The van der Waals surface area contributed by atoms with Gasteiger partial charge in [0.1, 0.15) is 5.76 Å². The van der Waals surface area contributed by atoms with E-state index in [0.717, 1.165) is 12.2 Å². The number of ketones is 1. The van der Waals surface area contributed by atoms with Gasteiger partial charge in [0.15, 0.2) is 5.78 Å². The third-order valence-corrected chi connectivity index (χ3v) is 3.09. The Kier molecular flexibility index (Phi) is 4.19. The molecule has 0 amide bonds. The first-order valence-corrected chi connectivity index (χ1v) is 6.56. The molecule has 0 saturated heterocycles. The number of allylic oxidation sites excluding steroid dienone is 2. The molecule has 1 aromatic carbocycles. The fourth-order valence-electron chi connectivity index (χ4n) is 2.19. The van der Waals surface area contributed by atoms with Crippen molar-refractivity contribution < 1.29 is 9.53 Å². The zero-order chi connectivity index (χ0) is 13.0. The monoisotopic (exact) mass is 244 g/mol. The zero-order valence-electron chi connectivity index (χ0n) is 11.1.